The smallest absolute Gasteiger partial charge is 0.508 e. The monoisotopic (exact) mass is 1940 g/mol. The fraction of sp³-hybridized carbons (Fsp3) is 0.255. The van der Waals surface area contributed by atoms with Crippen molar-refractivity contribution in [3.8, 4) is 34.5 Å². The number of nitrogens with two attached hydrogens (primary N) is 4. The van der Waals surface area contributed by atoms with Gasteiger partial charge in [0.25, 0.3) is 0 Å². The van der Waals surface area contributed by atoms with Gasteiger partial charge < -0.3 is 91.9 Å². The number of nitrogens with one attached hydrogen (secondary N) is 4. The van der Waals surface area contributed by atoms with Crippen LogP contribution in [0.1, 0.15) is 158 Å². The molecule has 140 heavy (non-hydrogen) atoms. The number of hydrogen-bond donors (Lipinski definition) is 16. The van der Waals surface area contributed by atoms with Crippen molar-refractivity contribution < 1.29 is 77.4 Å². The molecule has 20 N–H and O–H groups in total. The predicted octanol–water partition coefficient (Wildman–Crippen LogP) is 15.8. The fourth-order valence-electron chi connectivity index (χ4n) is 16.4. The largest absolute Gasteiger partial charge is 0.524 e. The topological polar surface area (TPSA) is 558 Å². The van der Waals surface area contributed by atoms with Crippen molar-refractivity contribution in [2.24, 2.45) is 0 Å². The Bertz CT molecular complexity index is 7570. The number of fused-ring (bicyclic) bond motifs is 12. The van der Waals surface area contributed by atoms with Gasteiger partial charge in [0.2, 0.25) is 23.6 Å². The molecule has 728 valence electrons. The molecule has 0 saturated heterocycles. The standard InChI is InChI=1S/C26H30N5O5P.C26H29N5O2.C25H28N5O6P.C25H27N5O3/c1-4-6-7-22-30-24-25(31(22)15-18-9-11-21(16(3)12-18)36-37(33,34)35)19-13-17(14-28-23(32)5-2)8-10-20(19)29-26(24)27;1-4-6-7-22-30-24-25(31(22)15-18-9-11-21(32)16(3)12-18)19-13-17(14-28-23(33)5-2)8-10-20(19)29-26(24)27;1-3-5-9-20-29-22-23(30(20)14-16-7-6-8-19(24(16)32)36-37(33,34)35)17-12-15(13-27-21(31)4-2)10-11-18(17)28-25(22)26;1-3-5-9-20-29-22-23(30(20)14-16-7-6-8-19(31)24(16)33)17-12-15(13-27-21(32)4-2)10-11-18(17)28-25(22)26/h5,8-13H,2,4,6-7,14-15H2,1,3H3,(H2,27,29)(H,28,32)(H2,33,34,35);5,8-13,32H,2,4,6-7,14-15H2,1,3H3,(H2,27,29)(H,28,33);4,6-8,10-12,32H,2-3,5,9,13-14H2,1H3,(H2,26,28)(H,27,31)(H2,33,34,35);4,6-8,10-12,31,33H,2-3,5,9,13-14H2,1H3,(H2,26,28)(H,27,32). The number of phenolic OH excluding ortho intramolecular Hbond substituents is 4. The molecule has 8 heterocycles. The molecule has 0 saturated carbocycles. The van der Waals surface area contributed by atoms with Crippen LogP contribution in [0.15, 0.2) is 196 Å². The maximum Gasteiger partial charge on any atom is 0.524 e. The normalized spacial score (nSPS) is 11.4. The lowest BCUT2D eigenvalue weighted by Gasteiger charge is -2.15. The van der Waals surface area contributed by atoms with Crippen molar-refractivity contribution in [2.45, 2.75) is 171 Å². The Hall–Kier alpha value is -15.6. The number of amides is 4. The van der Waals surface area contributed by atoms with E-state index in [0.717, 1.165) is 176 Å². The minimum atomic E-state index is -4.87. The Kier molecular flexibility index (Phi) is 32.8. The molecule has 0 radical (unpaired) electrons. The first-order valence-electron chi connectivity index (χ1n) is 45.6. The molecule has 8 aromatic carbocycles. The number of carbonyl (C=O) groups is 4. The van der Waals surface area contributed by atoms with E-state index in [2.05, 4.69) is 109 Å². The number of hydrogen-bond acceptors (Lipinski definition) is 24. The number of unbranched alkanes of at least 4 members (excludes halogenated alkanes) is 4. The molecule has 0 aliphatic carbocycles. The summed E-state index contributed by atoms with van der Waals surface area (Å²) < 4.78 is 40.4. The number of phenols is 4. The first-order chi connectivity index (χ1) is 67.0. The number of imidazole rings is 4. The van der Waals surface area contributed by atoms with Gasteiger partial charge in [0.05, 0.1) is 57.2 Å². The van der Waals surface area contributed by atoms with Gasteiger partial charge in [-0.25, -0.2) is 49.0 Å². The SMILES string of the molecule is C=CC(=O)NCc1ccc2nc(N)c3nc(CCCC)n(Cc4ccc(O)c(C)c4)c3c2c1.C=CC(=O)NCc1ccc2nc(N)c3nc(CCCC)n(Cc4ccc(OP(=O)(O)O)c(C)c4)c3c2c1.C=CC(=O)NCc1ccc2nc(N)c3nc(CCCC)n(Cc4cccc(O)c4O)c3c2c1.C=CC(=O)NCc1ccc2nc(N)c3nc(CCCC)n(Cc4cccc(OP(=O)(O)O)c4O)c3c2c1. The van der Waals surface area contributed by atoms with Crippen LogP contribution >= 0.6 is 15.6 Å². The van der Waals surface area contributed by atoms with Gasteiger partial charge in [0, 0.05) is 97.6 Å². The molecule has 0 aliphatic rings. The minimum absolute atomic E-state index is 0.129. The van der Waals surface area contributed by atoms with Gasteiger partial charge in [-0.1, -0.05) is 152 Å². The highest BCUT2D eigenvalue weighted by atomic mass is 31.2. The second-order valence-electron chi connectivity index (χ2n) is 33.7. The molecule has 38 heteroatoms. The number of benzene rings is 8. The lowest BCUT2D eigenvalue weighted by Crippen LogP contribution is -2.19. The summed E-state index contributed by atoms with van der Waals surface area (Å²) in [5.41, 5.74) is 41.7. The Morgan fingerprint density at radius 1 is 0.357 bits per heavy atom. The number of rotatable bonds is 36. The van der Waals surface area contributed by atoms with Gasteiger partial charge in [-0.3, -0.25) is 38.8 Å². The number of phosphoric ester groups is 2. The lowest BCUT2D eigenvalue weighted by atomic mass is 10.1. The molecule has 36 nitrogen and oxygen atoms in total. The van der Waals surface area contributed by atoms with E-state index in [9.17, 15) is 68.3 Å². The molecule has 0 spiro atoms. The van der Waals surface area contributed by atoms with Crippen molar-refractivity contribution in [1.82, 2.24) is 79.4 Å². The number of carbonyl (C=O) groups excluding carboxylic acids is 4. The average Bonchev–Trinajstić information content (AvgIpc) is 1.60. The van der Waals surface area contributed by atoms with Crippen molar-refractivity contribution in [2.75, 3.05) is 22.9 Å². The molecule has 16 rings (SSSR count). The van der Waals surface area contributed by atoms with Gasteiger partial charge in [-0.15, -0.1) is 0 Å². The number of phosphoric acid groups is 2. The zero-order chi connectivity index (χ0) is 101. The van der Waals surface area contributed by atoms with Crippen LogP contribution in [0.25, 0.3) is 87.7 Å². The third-order valence-corrected chi connectivity index (χ3v) is 24.3. The Morgan fingerprint density at radius 3 is 0.957 bits per heavy atom. The lowest BCUT2D eigenvalue weighted by molar-refractivity contribution is -0.117. The number of anilines is 4. The highest BCUT2D eigenvalue weighted by molar-refractivity contribution is 7.47. The summed E-state index contributed by atoms with van der Waals surface area (Å²) in [5.74, 6) is 3.11. The molecular weight excluding hydrogens is 1820 g/mol. The third kappa shape index (κ3) is 24.3. The maximum atomic E-state index is 11.7. The van der Waals surface area contributed by atoms with E-state index in [1.807, 2.05) is 107 Å². The van der Waals surface area contributed by atoms with Crippen LogP contribution < -0.4 is 53.2 Å². The Labute approximate surface area is 806 Å². The number of nitrogen functional groups attached to an aromatic ring is 4. The molecule has 0 atom stereocenters. The first-order valence-corrected chi connectivity index (χ1v) is 48.7. The minimum Gasteiger partial charge on any atom is -0.508 e. The quantitative estimate of drug-likeness (QED) is 0.00985. The highest BCUT2D eigenvalue weighted by Gasteiger charge is 2.28. The highest BCUT2D eigenvalue weighted by Crippen LogP contribution is 2.45. The van der Waals surface area contributed by atoms with Gasteiger partial charge in [-0.05, 0) is 181 Å². The molecule has 0 unspecified atom stereocenters. The maximum absolute atomic E-state index is 11.7. The Morgan fingerprint density at radius 2 is 0.650 bits per heavy atom. The summed E-state index contributed by atoms with van der Waals surface area (Å²) in [6, 6.07) is 43.2. The van der Waals surface area contributed by atoms with E-state index in [4.69, 9.17) is 47.4 Å². The van der Waals surface area contributed by atoms with E-state index in [0.29, 0.717) is 124 Å². The van der Waals surface area contributed by atoms with E-state index >= 15 is 0 Å². The summed E-state index contributed by atoms with van der Waals surface area (Å²) in [6.45, 7) is 28.9. The van der Waals surface area contributed by atoms with Crippen molar-refractivity contribution in [1.29, 1.82) is 0 Å². The third-order valence-electron chi connectivity index (χ3n) is 23.5. The Balaban J connectivity index is 0.000000157. The predicted molar refractivity (Wildman–Crippen MR) is 544 cm³/mol. The van der Waals surface area contributed by atoms with Crippen LogP contribution in [-0.2, 0) is 106 Å². The summed E-state index contributed by atoms with van der Waals surface area (Å²) >= 11 is 0. The van der Waals surface area contributed by atoms with E-state index in [1.54, 1.807) is 49.4 Å². The summed E-state index contributed by atoms with van der Waals surface area (Å²) in [5, 5.41) is 55.7. The van der Waals surface area contributed by atoms with Crippen LogP contribution in [0.3, 0.4) is 0 Å². The van der Waals surface area contributed by atoms with Crippen LogP contribution in [0.2, 0.25) is 0 Å². The molecule has 0 aliphatic heterocycles. The van der Waals surface area contributed by atoms with E-state index in [1.165, 1.54) is 36.4 Å². The van der Waals surface area contributed by atoms with Crippen molar-refractivity contribution in [3.05, 3.63) is 275 Å². The average molecular weight is 1940 g/mol. The van der Waals surface area contributed by atoms with E-state index in [-0.39, 0.29) is 77.0 Å². The molecule has 8 aromatic heterocycles. The number of aromatic nitrogens is 12. The second-order valence-corrected chi connectivity index (χ2v) is 36.0. The summed E-state index contributed by atoms with van der Waals surface area (Å²) in [7, 11) is -9.53. The molecule has 4 amide bonds. The van der Waals surface area contributed by atoms with Gasteiger partial charge >= 0.3 is 15.6 Å². The molecule has 0 fully saturated rings. The number of pyridine rings is 4. The van der Waals surface area contributed by atoms with Gasteiger partial charge in [0.15, 0.2) is 46.3 Å². The van der Waals surface area contributed by atoms with Crippen LogP contribution in [0.5, 0.6) is 34.5 Å². The zero-order valence-electron chi connectivity index (χ0n) is 78.6. The summed E-state index contributed by atoms with van der Waals surface area (Å²) in [4.78, 5) is 121. The van der Waals surface area contributed by atoms with Crippen molar-refractivity contribution >= 4 is 150 Å². The van der Waals surface area contributed by atoms with Crippen LogP contribution in [0, 0.1) is 13.8 Å². The molecular formula is C102H114N20O16P2. The van der Waals surface area contributed by atoms with Gasteiger partial charge in [0.1, 0.15) is 56.9 Å². The zero-order valence-corrected chi connectivity index (χ0v) is 80.3. The number of aromatic hydroxyl groups is 4. The number of nitrogens with zero attached hydrogens (tertiary/aromatic N) is 12. The first kappa shape index (κ1) is 102. The fourth-order valence-corrected chi connectivity index (χ4v) is 17.3. The number of para-hydroxylation sites is 2. The summed E-state index contributed by atoms with van der Waals surface area (Å²) in [6.07, 6.45) is 15.6. The molecule has 16 aromatic rings. The van der Waals surface area contributed by atoms with Gasteiger partial charge in [-0.2, -0.15) is 0 Å². The molecule has 0 bridgehead atoms. The van der Waals surface area contributed by atoms with Crippen LogP contribution in [-0.4, -0.2) is 122 Å². The van der Waals surface area contributed by atoms with Crippen molar-refractivity contribution in [3.63, 3.8) is 0 Å². The second kappa shape index (κ2) is 45.1. The van der Waals surface area contributed by atoms with E-state index < -0.39 is 15.6 Å². The number of aryl methyl sites for hydroxylation is 6. The van der Waals surface area contributed by atoms with Crippen LogP contribution in [0.4, 0.5) is 23.3 Å².